The van der Waals surface area contributed by atoms with Crippen molar-refractivity contribution in [3.8, 4) is 0 Å². The van der Waals surface area contributed by atoms with Crippen LogP contribution in [0.25, 0.3) is 0 Å². The molecule has 2 aliphatic rings. The van der Waals surface area contributed by atoms with Crippen molar-refractivity contribution in [3.05, 3.63) is 0 Å². The normalized spacial score (nSPS) is 27.6. The monoisotopic (exact) mass is 297 g/mol. The second-order valence-electron chi connectivity index (χ2n) is 6.78. The quantitative estimate of drug-likeness (QED) is 0.850. The van der Waals surface area contributed by atoms with Crippen molar-refractivity contribution in [2.24, 2.45) is 5.92 Å². The van der Waals surface area contributed by atoms with Crippen molar-refractivity contribution in [2.45, 2.75) is 44.2 Å². The van der Waals surface area contributed by atoms with Gasteiger partial charge in [-0.2, -0.15) is 0 Å². The van der Waals surface area contributed by atoms with Crippen molar-refractivity contribution in [1.82, 2.24) is 14.7 Å². The van der Waals surface area contributed by atoms with Gasteiger partial charge in [-0.15, -0.1) is 0 Å². The molecule has 1 aliphatic heterocycles. The number of hydrogen-bond donors (Lipinski definition) is 1. The molecule has 1 aliphatic carbocycles. The third kappa shape index (κ3) is 2.86. The second kappa shape index (κ2) is 5.83. The van der Waals surface area contributed by atoms with E-state index in [9.17, 15) is 14.7 Å². The van der Waals surface area contributed by atoms with Crippen LogP contribution in [0.15, 0.2) is 0 Å². The van der Waals surface area contributed by atoms with Crippen LogP contribution < -0.4 is 0 Å². The van der Waals surface area contributed by atoms with Gasteiger partial charge in [-0.25, -0.2) is 4.79 Å². The van der Waals surface area contributed by atoms with E-state index < -0.39 is 11.9 Å². The zero-order valence-corrected chi connectivity index (χ0v) is 13.5. The first-order valence-corrected chi connectivity index (χ1v) is 7.70. The predicted molar refractivity (Wildman–Crippen MR) is 80.2 cm³/mol. The van der Waals surface area contributed by atoms with E-state index in [4.69, 9.17) is 0 Å². The Kier molecular flexibility index (Phi) is 4.46. The molecule has 2 unspecified atom stereocenters. The first-order valence-electron chi connectivity index (χ1n) is 7.70. The maximum absolute atomic E-state index is 12.6. The summed E-state index contributed by atoms with van der Waals surface area (Å²) in [5.41, 5.74) is 0.0968. The first-order chi connectivity index (χ1) is 9.78. The molecule has 6 heteroatoms. The zero-order valence-electron chi connectivity index (χ0n) is 13.5. The van der Waals surface area contributed by atoms with E-state index in [1.807, 2.05) is 14.0 Å². The Hall–Kier alpha value is -1.30. The first kappa shape index (κ1) is 16.1. The molecular weight excluding hydrogens is 270 g/mol. The molecule has 2 amide bonds. The summed E-state index contributed by atoms with van der Waals surface area (Å²) < 4.78 is 0. The highest BCUT2D eigenvalue weighted by Crippen LogP contribution is 2.37. The highest BCUT2D eigenvalue weighted by atomic mass is 16.4. The van der Waals surface area contributed by atoms with Gasteiger partial charge in [0.1, 0.15) is 0 Å². The van der Waals surface area contributed by atoms with E-state index >= 15 is 0 Å². The molecule has 0 aromatic carbocycles. The molecule has 2 rings (SSSR count). The highest BCUT2D eigenvalue weighted by Gasteiger charge is 2.43. The Morgan fingerprint density at radius 3 is 2.29 bits per heavy atom. The summed E-state index contributed by atoms with van der Waals surface area (Å²) in [4.78, 5) is 29.5. The third-order valence-electron chi connectivity index (χ3n) is 5.41. The van der Waals surface area contributed by atoms with E-state index in [2.05, 4.69) is 19.0 Å². The predicted octanol–water partition coefficient (Wildman–Crippen LogP) is 1.32. The standard InChI is InChI=1S/C15H27N3O3/c1-11-12(13(19)20)6-9-18(11)14(21)17(4)10-15(16(2)3)7-5-8-15/h11-12H,5-10H2,1-4H3,(H,19,20). The molecule has 0 radical (unpaired) electrons. The minimum atomic E-state index is -0.802. The van der Waals surface area contributed by atoms with Crippen molar-refractivity contribution >= 4 is 12.0 Å². The lowest BCUT2D eigenvalue weighted by atomic mass is 9.75. The number of carbonyl (C=O) groups is 2. The van der Waals surface area contributed by atoms with Crippen LogP contribution >= 0.6 is 0 Å². The van der Waals surface area contributed by atoms with Crippen LogP contribution in [-0.4, -0.2) is 77.6 Å². The maximum atomic E-state index is 12.6. The lowest BCUT2D eigenvalue weighted by molar-refractivity contribution is -0.142. The highest BCUT2D eigenvalue weighted by molar-refractivity contribution is 5.78. The molecular formula is C15H27N3O3. The fraction of sp³-hybridized carbons (Fsp3) is 0.867. The van der Waals surface area contributed by atoms with Gasteiger partial charge in [0.2, 0.25) is 0 Å². The number of hydrogen-bond acceptors (Lipinski definition) is 3. The maximum Gasteiger partial charge on any atom is 0.320 e. The van der Waals surface area contributed by atoms with Gasteiger partial charge in [0.25, 0.3) is 0 Å². The van der Waals surface area contributed by atoms with Crippen LogP contribution in [0.2, 0.25) is 0 Å². The summed E-state index contributed by atoms with van der Waals surface area (Å²) in [5, 5.41) is 9.17. The van der Waals surface area contributed by atoms with Gasteiger partial charge in [0.05, 0.1) is 5.92 Å². The summed E-state index contributed by atoms with van der Waals surface area (Å²) in [6.45, 7) is 3.08. The Morgan fingerprint density at radius 1 is 1.29 bits per heavy atom. The molecule has 0 aromatic rings. The molecule has 0 aromatic heterocycles. The summed E-state index contributed by atoms with van der Waals surface area (Å²) in [6, 6.07) is -0.270. The van der Waals surface area contributed by atoms with Gasteiger partial charge in [-0.05, 0) is 46.7 Å². The van der Waals surface area contributed by atoms with Crippen molar-refractivity contribution in [2.75, 3.05) is 34.2 Å². The minimum Gasteiger partial charge on any atom is -0.481 e. The molecule has 6 nitrogen and oxygen atoms in total. The lowest BCUT2D eigenvalue weighted by Gasteiger charge is -2.49. The smallest absolute Gasteiger partial charge is 0.320 e. The Bertz CT molecular complexity index is 420. The van der Waals surface area contributed by atoms with E-state index in [1.54, 1.807) is 9.80 Å². The second-order valence-corrected chi connectivity index (χ2v) is 6.78. The zero-order chi connectivity index (χ0) is 15.8. The number of carboxylic acids is 1. The fourth-order valence-electron chi connectivity index (χ4n) is 3.60. The number of urea groups is 1. The average Bonchev–Trinajstić information content (AvgIpc) is 2.74. The lowest BCUT2D eigenvalue weighted by Crippen LogP contribution is -2.59. The third-order valence-corrected chi connectivity index (χ3v) is 5.41. The molecule has 1 saturated carbocycles. The van der Waals surface area contributed by atoms with Gasteiger partial charge < -0.3 is 19.8 Å². The van der Waals surface area contributed by atoms with Crippen molar-refractivity contribution in [3.63, 3.8) is 0 Å². The van der Waals surface area contributed by atoms with E-state index in [0.29, 0.717) is 19.5 Å². The van der Waals surface area contributed by atoms with Gasteiger partial charge in [-0.3, -0.25) is 4.79 Å². The van der Waals surface area contributed by atoms with Crippen molar-refractivity contribution in [1.29, 1.82) is 0 Å². The molecule has 2 fully saturated rings. The largest absolute Gasteiger partial charge is 0.481 e. The van der Waals surface area contributed by atoms with Crippen LogP contribution in [0.3, 0.4) is 0 Å². The molecule has 1 saturated heterocycles. The van der Waals surface area contributed by atoms with Crippen LogP contribution in [0.4, 0.5) is 4.79 Å². The number of rotatable bonds is 4. The molecule has 21 heavy (non-hydrogen) atoms. The summed E-state index contributed by atoms with van der Waals surface area (Å²) in [6.07, 6.45) is 3.99. The molecule has 0 bridgehead atoms. The molecule has 1 heterocycles. The molecule has 0 spiro atoms. The summed E-state index contributed by atoms with van der Waals surface area (Å²) in [5.74, 6) is -1.24. The van der Waals surface area contributed by atoms with E-state index in [1.165, 1.54) is 6.42 Å². The SMILES string of the molecule is CC1C(C(=O)O)CCN1C(=O)N(C)CC1(N(C)C)CCC1. The minimum absolute atomic E-state index is 0.0422. The van der Waals surface area contributed by atoms with E-state index in [0.717, 1.165) is 12.8 Å². The van der Waals surface area contributed by atoms with Crippen molar-refractivity contribution < 1.29 is 14.7 Å². The molecule has 120 valence electrons. The van der Waals surface area contributed by atoms with Gasteiger partial charge in [0.15, 0.2) is 0 Å². The van der Waals surface area contributed by atoms with Crippen LogP contribution in [0, 0.1) is 5.92 Å². The number of amides is 2. The van der Waals surface area contributed by atoms with E-state index in [-0.39, 0.29) is 17.6 Å². The van der Waals surface area contributed by atoms with Crippen LogP contribution in [0.5, 0.6) is 0 Å². The number of likely N-dealkylation sites (N-methyl/N-ethyl adjacent to an activating group) is 2. The Balaban J connectivity index is 1.98. The number of likely N-dealkylation sites (tertiary alicyclic amines) is 1. The van der Waals surface area contributed by atoms with Crippen LogP contribution in [-0.2, 0) is 4.79 Å². The number of nitrogens with zero attached hydrogens (tertiary/aromatic N) is 3. The fourth-order valence-corrected chi connectivity index (χ4v) is 3.60. The summed E-state index contributed by atoms with van der Waals surface area (Å²) in [7, 11) is 5.96. The molecule has 1 N–H and O–H groups in total. The average molecular weight is 297 g/mol. The Labute approximate surface area is 126 Å². The summed E-state index contributed by atoms with van der Waals surface area (Å²) >= 11 is 0. The van der Waals surface area contributed by atoms with Gasteiger partial charge >= 0.3 is 12.0 Å². The van der Waals surface area contributed by atoms with Gasteiger partial charge in [-0.1, -0.05) is 0 Å². The Morgan fingerprint density at radius 2 is 1.90 bits per heavy atom. The number of carbonyl (C=O) groups excluding carboxylic acids is 1. The number of carboxylic acid groups (broad SMARTS) is 1. The van der Waals surface area contributed by atoms with Crippen LogP contribution in [0.1, 0.15) is 32.6 Å². The number of aliphatic carboxylic acids is 1. The van der Waals surface area contributed by atoms with Gasteiger partial charge in [0, 0.05) is 31.7 Å². The topological polar surface area (TPSA) is 64.1 Å². The molecule has 2 atom stereocenters.